The molecule has 16 nitrogen and oxygen atoms in total. The molecule has 0 aliphatic carbocycles. The Kier molecular flexibility index (Phi) is 19.1. The number of carboxylic acids is 1. The number of hydrogen-bond acceptors (Lipinski definition) is 11. The van der Waals surface area contributed by atoms with E-state index in [0.29, 0.717) is 24.4 Å². The maximum Gasteiger partial charge on any atom is 0.305 e. The van der Waals surface area contributed by atoms with E-state index in [4.69, 9.17) is 22.3 Å². The first-order valence-electron chi connectivity index (χ1n) is 11.0. The maximum atomic E-state index is 12.5. The number of aliphatic imine (C=N–C) groups is 1. The highest BCUT2D eigenvalue weighted by Crippen LogP contribution is 2.19. The molecular weight excluding hydrogens is 532 g/mol. The van der Waals surface area contributed by atoms with Gasteiger partial charge in [-0.1, -0.05) is 21.6 Å². The lowest BCUT2D eigenvalue weighted by Crippen LogP contribution is -2.53. The van der Waals surface area contributed by atoms with Gasteiger partial charge in [0.1, 0.15) is 18.7 Å². The van der Waals surface area contributed by atoms with Gasteiger partial charge in [-0.2, -0.15) is 0 Å². The summed E-state index contributed by atoms with van der Waals surface area (Å²) in [5.41, 5.74) is 15.8. The topological polar surface area (TPSA) is 270 Å². The molecule has 0 aliphatic rings. The maximum absolute atomic E-state index is 12.5. The zero-order valence-electron chi connectivity index (χ0n) is 20.1. The summed E-state index contributed by atoms with van der Waals surface area (Å²) in [6.07, 6.45) is -0.173. The number of rotatable bonds is 21. The molecule has 18 heteroatoms. The summed E-state index contributed by atoms with van der Waals surface area (Å²) in [6, 6.07) is -2.38. The molecule has 210 valence electrons. The first kappa shape index (κ1) is 33.8. The van der Waals surface area contributed by atoms with Crippen molar-refractivity contribution in [1.82, 2.24) is 21.3 Å². The third-order valence-electron chi connectivity index (χ3n) is 4.16. The molecule has 0 heterocycles. The Labute approximate surface area is 221 Å². The first-order chi connectivity index (χ1) is 17.6. The Morgan fingerprint density at radius 2 is 1.62 bits per heavy atom. The quantitative estimate of drug-likeness (QED) is 0.0218. The van der Waals surface area contributed by atoms with Gasteiger partial charge in [-0.15, -0.1) is 0 Å². The minimum absolute atomic E-state index is 0.123. The number of amides is 4. The van der Waals surface area contributed by atoms with Crippen LogP contribution in [0.3, 0.4) is 0 Å². The summed E-state index contributed by atoms with van der Waals surface area (Å²) in [5.74, 6) is -3.17. The fraction of sp³-hybridized carbons (Fsp3) is 0.632. The Balaban J connectivity index is 4.71. The van der Waals surface area contributed by atoms with E-state index in [9.17, 15) is 28.8 Å². The predicted octanol–water partition coefficient (Wildman–Crippen LogP) is -3.77. The number of nitrogens with two attached hydrogens (primary N) is 3. The number of ether oxygens (including phenoxy) is 1. The van der Waals surface area contributed by atoms with Crippen LogP contribution < -0.4 is 38.5 Å². The van der Waals surface area contributed by atoms with Crippen LogP contribution in [0.25, 0.3) is 0 Å². The number of nitrogens with zero attached hydrogens (tertiary/aromatic N) is 1. The van der Waals surface area contributed by atoms with Crippen LogP contribution in [0.4, 0.5) is 0 Å². The van der Waals surface area contributed by atoms with Crippen LogP contribution in [-0.4, -0.2) is 104 Å². The average molecular weight is 567 g/mol. The van der Waals surface area contributed by atoms with Crippen LogP contribution >= 0.6 is 21.6 Å². The largest absolute Gasteiger partial charge is 0.481 e. The first-order valence-corrected chi connectivity index (χ1v) is 13.5. The Hall–Kier alpha value is -3.25. The van der Waals surface area contributed by atoms with Crippen molar-refractivity contribution in [3.05, 3.63) is 0 Å². The molecule has 0 aromatic rings. The third kappa shape index (κ3) is 18.6. The minimum Gasteiger partial charge on any atom is -0.481 e. The molecule has 0 unspecified atom stereocenters. The molecule has 0 rings (SSSR count). The van der Waals surface area contributed by atoms with E-state index in [1.165, 1.54) is 21.6 Å². The van der Waals surface area contributed by atoms with Gasteiger partial charge in [-0.05, 0) is 12.8 Å². The van der Waals surface area contributed by atoms with Gasteiger partial charge in [0.2, 0.25) is 23.6 Å². The monoisotopic (exact) mass is 566 g/mol. The minimum atomic E-state index is -1.37. The van der Waals surface area contributed by atoms with Gasteiger partial charge in [0, 0.05) is 24.6 Å². The second-order valence-electron chi connectivity index (χ2n) is 7.11. The fourth-order valence-corrected chi connectivity index (χ4v) is 4.28. The van der Waals surface area contributed by atoms with E-state index in [1.54, 1.807) is 0 Å². The van der Waals surface area contributed by atoms with Gasteiger partial charge in [-0.25, -0.2) is 0 Å². The highest BCUT2D eigenvalue weighted by Gasteiger charge is 2.25. The molecule has 0 radical (unpaired) electrons. The summed E-state index contributed by atoms with van der Waals surface area (Å²) < 4.78 is 4.54. The lowest BCUT2D eigenvalue weighted by atomic mass is 10.1. The molecule has 11 N–H and O–H groups in total. The third-order valence-corrected chi connectivity index (χ3v) is 6.53. The van der Waals surface area contributed by atoms with E-state index in [0.717, 1.165) is 0 Å². The van der Waals surface area contributed by atoms with Crippen molar-refractivity contribution >= 4 is 63.6 Å². The SMILES string of the molecule is NCC(=O)N[C@@H](CCCN=C(N)N)C(=O)NCC(=O)N[C@@H](CC(=O)O)C(=O)NCCSSCCOC=O. The number of nitrogens with one attached hydrogen (secondary N) is 4. The number of hydrogen-bond donors (Lipinski definition) is 8. The van der Waals surface area contributed by atoms with E-state index in [1.807, 2.05) is 0 Å². The number of carbonyl (C=O) groups is 6. The molecule has 2 atom stereocenters. The van der Waals surface area contributed by atoms with E-state index < -0.39 is 54.6 Å². The van der Waals surface area contributed by atoms with Gasteiger partial charge in [-0.3, -0.25) is 33.8 Å². The van der Waals surface area contributed by atoms with Crippen molar-refractivity contribution in [3.8, 4) is 0 Å². The summed E-state index contributed by atoms with van der Waals surface area (Å²) in [7, 11) is 2.84. The van der Waals surface area contributed by atoms with Gasteiger partial charge in [0.25, 0.3) is 6.47 Å². The molecule has 0 spiro atoms. The number of aliphatic carboxylic acids is 1. The molecule has 0 aromatic carbocycles. The zero-order valence-corrected chi connectivity index (χ0v) is 21.7. The zero-order chi connectivity index (χ0) is 28.1. The van der Waals surface area contributed by atoms with Gasteiger partial charge < -0.3 is 48.3 Å². The Morgan fingerprint density at radius 3 is 2.24 bits per heavy atom. The summed E-state index contributed by atoms with van der Waals surface area (Å²) in [4.78, 5) is 73.7. The number of guanidine groups is 1. The molecule has 0 aromatic heterocycles. The molecule has 4 amide bonds. The fourth-order valence-electron chi connectivity index (χ4n) is 2.53. The van der Waals surface area contributed by atoms with Crippen molar-refractivity contribution in [2.45, 2.75) is 31.3 Å². The summed E-state index contributed by atoms with van der Waals surface area (Å²) in [6.45, 7) is 0.104. The summed E-state index contributed by atoms with van der Waals surface area (Å²) in [5, 5.41) is 18.6. The highest BCUT2D eigenvalue weighted by atomic mass is 33.1. The van der Waals surface area contributed by atoms with Crippen molar-refractivity contribution in [2.75, 3.05) is 44.3 Å². The number of carbonyl (C=O) groups excluding carboxylic acids is 5. The van der Waals surface area contributed by atoms with E-state index >= 15 is 0 Å². The van der Waals surface area contributed by atoms with Crippen LogP contribution in [0.5, 0.6) is 0 Å². The molecule has 0 saturated carbocycles. The Bertz CT molecular complexity index is 798. The standard InChI is InChI=1S/C19H34N8O8S2/c20-9-14(29)26-12(2-1-3-24-19(21)22)17(33)25-10-15(30)27-13(8-16(31)32)18(34)23-4-6-36-37-7-5-35-11-28/h11-13H,1-10,20H2,(H,23,34)(H,25,33)(H,26,29)(H,27,30)(H,31,32)(H4,21,22,24)/t12-,13-/m0/s1. The lowest BCUT2D eigenvalue weighted by Gasteiger charge is -2.19. The van der Waals surface area contributed by atoms with Crippen LogP contribution in [0, 0.1) is 0 Å². The van der Waals surface area contributed by atoms with E-state index in [-0.39, 0.29) is 38.6 Å². The van der Waals surface area contributed by atoms with Gasteiger partial charge in [0.05, 0.1) is 19.5 Å². The molecule has 0 saturated heterocycles. The van der Waals surface area contributed by atoms with Crippen molar-refractivity contribution < 1.29 is 38.6 Å². The predicted molar refractivity (Wildman–Crippen MR) is 138 cm³/mol. The van der Waals surface area contributed by atoms with Crippen LogP contribution in [0.1, 0.15) is 19.3 Å². The molecular formula is C19H34N8O8S2. The number of carboxylic acid groups (broad SMARTS) is 1. The average Bonchev–Trinajstić information content (AvgIpc) is 2.84. The smallest absolute Gasteiger partial charge is 0.305 e. The van der Waals surface area contributed by atoms with Crippen molar-refractivity contribution in [1.29, 1.82) is 0 Å². The normalized spacial score (nSPS) is 11.8. The molecule has 0 aliphatic heterocycles. The van der Waals surface area contributed by atoms with Crippen LogP contribution in [0.15, 0.2) is 4.99 Å². The van der Waals surface area contributed by atoms with E-state index in [2.05, 4.69) is 31.0 Å². The van der Waals surface area contributed by atoms with Crippen molar-refractivity contribution in [3.63, 3.8) is 0 Å². The van der Waals surface area contributed by atoms with Gasteiger partial charge in [0.15, 0.2) is 5.96 Å². The van der Waals surface area contributed by atoms with Gasteiger partial charge >= 0.3 is 5.97 Å². The molecule has 0 fully saturated rings. The summed E-state index contributed by atoms with van der Waals surface area (Å²) >= 11 is 0. The second-order valence-corrected chi connectivity index (χ2v) is 9.81. The van der Waals surface area contributed by atoms with Crippen molar-refractivity contribution in [2.24, 2.45) is 22.2 Å². The van der Waals surface area contributed by atoms with Crippen LogP contribution in [-0.2, 0) is 33.5 Å². The van der Waals surface area contributed by atoms with Crippen LogP contribution in [0.2, 0.25) is 0 Å². The highest BCUT2D eigenvalue weighted by molar-refractivity contribution is 8.76. The molecule has 37 heavy (non-hydrogen) atoms. The second kappa shape index (κ2) is 20.9. The molecule has 0 bridgehead atoms. The Morgan fingerprint density at radius 1 is 0.973 bits per heavy atom. The lowest BCUT2D eigenvalue weighted by molar-refractivity contribution is -0.140.